The average molecular weight is 352 g/mol. The molecule has 0 aliphatic carbocycles. The van der Waals surface area contributed by atoms with Gasteiger partial charge >= 0.3 is 0 Å². The fourth-order valence-electron chi connectivity index (χ4n) is 0. The topological polar surface area (TPSA) is 29.5 Å². The zero-order chi connectivity index (χ0) is 3.41. The molecule has 2 nitrogen and oxygen atoms in total. The monoisotopic (exact) mass is 352 g/mol. The molecule has 0 aromatic rings. The Morgan fingerprint density at radius 2 is 1.83 bits per heavy atom. The van der Waals surface area contributed by atoms with Crippen molar-refractivity contribution in [2.45, 2.75) is 0 Å². The van der Waals surface area contributed by atoms with E-state index >= 15 is 0 Å². The van der Waals surface area contributed by atoms with E-state index in [1.54, 1.807) is 0 Å². The second-order valence-corrected chi connectivity index (χ2v) is 0.707. The number of hydrogen-bond acceptors (Lipinski definition) is 2. The fourth-order valence-corrected chi connectivity index (χ4v) is 0. The summed E-state index contributed by atoms with van der Waals surface area (Å²) in [5.41, 5.74) is 0. The van der Waals surface area contributed by atoms with Crippen molar-refractivity contribution in [1.82, 2.24) is 0 Å². The van der Waals surface area contributed by atoms with Crippen molar-refractivity contribution in [3.63, 3.8) is 0 Å². The average Bonchev–Trinajstić information content (AvgIpc) is 1.37. The predicted octanol–water partition coefficient (Wildman–Crippen LogP) is 0.290. The first-order valence-electron chi connectivity index (χ1n) is 0.716. The van der Waals surface area contributed by atoms with E-state index in [2.05, 4.69) is 11.6 Å². The van der Waals surface area contributed by atoms with Crippen molar-refractivity contribution in [3.8, 4) is 0 Å². The molecule has 5 heteroatoms. The van der Waals surface area contributed by atoms with Gasteiger partial charge in [-0.05, 0) is 0 Å². The van der Waals surface area contributed by atoms with E-state index in [1.165, 1.54) is 0 Å². The van der Waals surface area contributed by atoms with E-state index in [4.69, 9.17) is 4.89 Å². The van der Waals surface area contributed by atoms with Crippen LogP contribution < -0.4 is 0 Å². The normalized spacial score (nSPS) is 7.00. The van der Waals surface area contributed by atoms with E-state index in [0.717, 1.165) is 0 Å². The summed E-state index contributed by atoms with van der Waals surface area (Å²) in [5.74, 6) is 0. The molecule has 0 saturated carbocycles. The minimum atomic E-state index is -0.471. The van der Waals surface area contributed by atoms with Crippen molar-refractivity contribution < 1.29 is 63.2 Å². The molecule has 0 spiro atoms. The zero-order valence-corrected chi connectivity index (χ0v) is 9.82. The second kappa shape index (κ2) is 15.7. The summed E-state index contributed by atoms with van der Waals surface area (Å²) >= 11 is 0. The van der Waals surface area contributed by atoms with Crippen LogP contribution in [0.4, 0.5) is 0 Å². The van der Waals surface area contributed by atoms with Gasteiger partial charge in [0.25, 0.3) is 0 Å². The third-order valence-electron chi connectivity index (χ3n) is 0.0645. The van der Waals surface area contributed by atoms with Crippen LogP contribution in [0.1, 0.15) is 0 Å². The second-order valence-electron chi connectivity index (χ2n) is 0.236. The van der Waals surface area contributed by atoms with E-state index in [0.29, 0.717) is 0 Å². The predicted molar refractivity (Wildman–Crippen MR) is 17.0 cm³/mol. The van der Waals surface area contributed by atoms with Gasteiger partial charge in [0.2, 0.25) is 0 Å². The molecule has 1 atom stereocenters. The largest absolute Gasteiger partial charge is 0.517 e. The summed E-state index contributed by atoms with van der Waals surface area (Å²) < 4.78 is 3.88. The minimum Gasteiger partial charge on any atom is -0.517 e. The van der Waals surface area contributed by atoms with Gasteiger partial charge in [0.15, 0.2) is 0 Å². The van der Waals surface area contributed by atoms with Crippen molar-refractivity contribution in [3.05, 3.63) is 7.11 Å². The molecule has 1 N–H and O–H groups in total. The first-order chi connectivity index (χ1) is 1.91. The third kappa shape index (κ3) is 16.4. The van der Waals surface area contributed by atoms with Crippen LogP contribution in [0.15, 0.2) is 0 Å². The molecule has 6 heavy (non-hydrogen) atoms. The summed E-state index contributed by atoms with van der Waals surface area (Å²) in [6.45, 7) is 0. The SMILES string of the molecule is [CH2-]OPO.[W].[Y]. The molecule has 0 heterocycles. The van der Waals surface area contributed by atoms with Gasteiger partial charge in [0, 0.05) is 53.8 Å². The zero-order valence-electron chi connectivity index (χ0n) is 3.05. The van der Waals surface area contributed by atoms with Crippen LogP contribution in [0.2, 0.25) is 0 Å². The molecule has 35 valence electrons. The Kier molecular flexibility index (Phi) is 41.1. The Morgan fingerprint density at radius 1 is 1.67 bits per heavy atom. The standard InChI is InChI=1S/CH4O2P.W.Y/c1-3-4-2;;/h2,4H,1H2;;/q-1;;. The quantitative estimate of drug-likeness (QED) is 0.543. The molecule has 0 aromatic heterocycles. The Hall–Kier alpha value is 2.14. The summed E-state index contributed by atoms with van der Waals surface area (Å²) in [7, 11) is 2.40. The van der Waals surface area contributed by atoms with Gasteiger partial charge in [-0.3, -0.25) is 0 Å². The smallest absolute Gasteiger partial charge is 0.119 e. The van der Waals surface area contributed by atoms with Crippen LogP contribution in [0.3, 0.4) is 0 Å². The Morgan fingerprint density at radius 3 is 1.83 bits per heavy atom. The van der Waals surface area contributed by atoms with Crippen molar-refractivity contribution in [2.24, 2.45) is 0 Å². The van der Waals surface area contributed by atoms with Gasteiger partial charge in [-0.2, -0.15) is 0 Å². The van der Waals surface area contributed by atoms with Gasteiger partial charge in [-0.25, -0.2) is 7.11 Å². The van der Waals surface area contributed by atoms with Crippen LogP contribution >= 0.6 is 9.03 Å². The molecule has 0 aliphatic heterocycles. The summed E-state index contributed by atoms with van der Waals surface area (Å²) in [4.78, 5) is 7.62. The maximum Gasteiger partial charge on any atom is 0.119 e. The Balaban J connectivity index is -0.0000000450. The van der Waals surface area contributed by atoms with Crippen LogP contribution in [-0.4, -0.2) is 4.89 Å². The molecular formula is CH4O2PWY-. The van der Waals surface area contributed by atoms with E-state index in [1.807, 2.05) is 0 Å². The van der Waals surface area contributed by atoms with Crippen LogP contribution in [-0.2, 0) is 58.3 Å². The maximum absolute atomic E-state index is 7.62. The van der Waals surface area contributed by atoms with E-state index < -0.39 is 9.03 Å². The van der Waals surface area contributed by atoms with Crippen molar-refractivity contribution >= 4 is 9.03 Å². The molecule has 0 amide bonds. The van der Waals surface area contributed by atoms with E-state index in [9.17, 15) is 0 Å². The molecule has 0 rings (SSSR count). The number of hydrogen-bond donors (Lipinski definition) is 1. The summed E-state index contributed by atoms with van der Waals surface area (Å²) in [5, 5.41) is 0. The molecular weight excluding hydrogens is 348 g/mol. The summed E-state index contributed by atoms with van der Waals surface area (Å²) in [6, 6.07) is 0. The van der Waals surface area contributed by atoms with Gasteiger partial charge in [-0.1, -0.05) is 0 Å². The van der Waals surface area contributed by atoms with Crippen molar-refractivity contribution in [1.29, 1.82) is 0 Å². The molecule has 0 aromatic carbocycles. The van der Waals surface area contributed by atoms with Crippen molar-refractivity contribution in [2.75, 3.05) is 0 Å². The van der Waals surface area contributed by atoms with Gasteiger partial charge in [0.05, 0.1) is 0 Å². The van der Waals surface area contributed by atoms with Crippen LogP contribution in [0.5, 0.6) is 0 Å². The van der Waals surface area contributed by atoms with Crippen LogP contribution in [0, 0.1) is 7.11 Å². The molecule has 1 radical (unpaired) electrons. The van der Waals surface area contributed by atoms with E-state index in [-0.39, 0.29) is 53.8 Å². The van der Waals surface area contributed by atoms with Gasteiger partial charge in [0.1, 0.15) is 9.03 Å². The number of rotatable bonds is 1. The molecule has 0 bridgehead atoms. The Labute approximate surface area is 78.5 Å². The summed E-state index contributed by atoms with van der Waals surface area (Å²) in [6.07, 6.45) is 0. The molecule has 1 unspecified atom stereocenters. The van der Waals surface area contributed by atoms with Gasteiger partial charge < -0.3 is 9.42 Å². The molecule has 0 aliphatic rings. The first-order valence-corrected chi connectivity index (χ1v) is 1.57. The molecule has 0 saturated heterocycles. The van der Waals surface area contributed by atoms with Gasteiger partial charge in [-0.15, -0.1) is 0 Å². The third-order valence-corrected chi connectivity index (χ3v) is 0.194. The first kappa shape index (κ1) is 15.7. The Bertz CT molecular complexity index is 15.5. The minimum absolute atomic E-state index is 0. The molecule has 0 fully saturated rings. The maximum atomic E-state index is 7.62. The fraction of sp³-hybridized carbons (Fsp3) is 0. The van der Waals surface area contributed by atoms with Crippen LogP contribution in [0.25, 0.3) is 0 Å².